The van der Waals surface area contributed by atoms with E-state index in [9.17, 15) is 9.50 Å². The fraction of sp³-hybridized carbons (Fsp3) is 0.318. The second kappa shape index (κ2) is 6.63. The molecule has 2 N–H and O–H groups in total. The van der Waals surface area contributed by atoms with E-state index in [1.807, 2.05) is 12.1 Å². The third-order valence-corrected chi connectivity index (χ3v) is 6.04. The lowest BCUT2D eigenvalue weighted by Gasteiger charge is -2.33. The zero-order chi connectivity index (χ0) is 19.3. The van der Waals surface area contributed by atoms with Gasteiger partial charge in [-0.15, -0.1) is 0 Å². The number of hydrogen-bond acceptors (Lipinski definition) is 5. The first-order valence-corrected chi connectivity index (χ1v) is 9.58. The van der Waals surface area contributed by atoms with Gasteiger partial charge in [-0.3, -0.25) is 15.0 Å². The Morgan fingerprint density at radius 1 is 1.14 bits per heavy atom. The van der Waals surface area contributed by atoms with Gasteiger partial charge in [0.25, 0.3) is 0 Å². The van der Waals surface area contributed by atoms with Crippen molar-refractivity contribution in [3.05, 3.63) is 55.3 Å². The van der Waals surface area contributed by atoms with Gasteiger partial charge in [0.05, 0.1) is 23.8 Å². The lowest BCUT2D eigenvalue weighted by molar-refractivity contribution is 0.167. The minimum atomic E-state index is -0.939. The summed E-state index contributed by atoms with van der Waals surface area (Å²) in [5, 5.41) is 15.5. The number of nitrogens with one attached hydrogen (secondary N) is 1. The summed E-state index contributed by atoms with van der Waals surface area (Å²) in [6, 6.07) is 5.72. The predicted octanol–water partition coefficient (Wildman–Crippen LogP) is 3.89. The van der Waals surface area contributed by atoms with Gasteiger partial charge in [0.15, 0.2) is 0 Å². The average molecular weight is 376 g/mol. The summed E-state index contributed by atoms with van der Waals surface area (Å²) in [7, 11) is 0. The number of fused-ring (bicyclic) bond motifs is 3. The van der Waals surface area contributed by atoms with Gasteiger partial charge in [-0.05, 0) is 48.4 Å². The van der Waals surface area contributed by atoms with Gasteiger partial charge in [0.1, 0.15) is 11.9 Å². The van der Waals surface area contributed by atoms with E-state index in [-0.39, 0.29) is 17.7 Å². The molecule has 0 spiro atoms. The van der Waals surface area contributed by atoms with Crippen LogP contribution in [0.15, 0.2) is 49.6 Å². The van der Waals surface area contributed by atoms with Crippen LogP contribution in [0.3, 0.4) is 0 Å². The van der Waals surface area contributed by atoms with Crippen LogP contribution in [0.1, 0.15) is 25.0 Å². The maximum Gasteiger partial charge on any atom is 0.125 e. The molecule has 0 radical (unpaired) electrons. The van der Waals surface area contributed by atoms with E-state index in [0.29, 0.717) is 28.6 Å². The van der Waals surface area contributed by atoms with Crippen LogP contribution >= 0.6 is 0 Å². The molecule has 0 saturated carbocycles. The smallest absolute Gasteiger partial charge is 0.125 e. The molecule has 2 saturated heterocycles. The molecule has 142 valence electrons. The number of phenols is 1. The molecule has 2 aliphatic rings. The number of phenolic OH excluding ortho intramolecular Hbond substituents is 1. The zero-order valence-electron chi connectivity index (χ0n) is 15.3. The SMILES string of the molecule is C=C(c1cnc(-c2cc3ccncc3cc2O)cn1)[C@H]1C[C@@H]2CC[C@@H](N2)[C@@H]1F. The van der Waals surface area contributed by atoms with Crippen molar-refractivity contribution >= 4 is 16.3 Å². The molecule has 1 aromatic carbocycles. The monoisotopic (exact) mass is 376 g/mol. The van der Waals surface area contributed by atoms with Crippen LogP contribution in [0.25, 0.3) is 27.6 Å². The summed E-state index contributed by atoms with van der Waals surface area (Å²) < 4.78 is 14.8. The molecule has 0 unspecified atom stereocenters. The van der Waals surface area contributed by atoms with Crippen LogP contribution in [0.4, 0.5) is 4.39 Å². The second-order valence-electron chi connectivity index (χ2n) is 7.74. The molecule has 2 bridgehead atoms. The van der Waals surface area contributed by atoms with Crippen molar-refractivity contribution in [2.75, 3.05) is 0 Å². The molecule has 3 aromatic rings. The molecular formula is C22H21FN4O. The van der Waals surface area contributed by atoms with Crippen molar-refractivity contribution in [3.8, 4) is 17.0 Å². The highest BCUT2D eigenvalue weighted by Gasteiger charge is 2.43. The van der Waals surface area contributed by atoms with E-state index in [1.54, 1.807) is 30.9 Å². The standard InChI is InChI=1S/C22H21FN4O/c1-12(16-8-15-2-3-18(27-15)22(16)23)19-10-26-20(11-25-19)17-6-13-4-5-24-9-14(13)7-21(17)28/h4-7,9-11,15-16,18,22,27-28H,1-3,8H2/t15-,16+,18+,22+/m0/s1. The van der Waals surface area contributed by atoms with Crippen molar-refractivity contribution in [1.29, 1.82) is 0 Å². The van der Waals surface area contributed by atoms with Crippen LogP contribution in [0, 0.1) is 5.92 Å². The summed E-state index contributed by atoms with van der Waals surface area (Å²) >= 11 is 0. The maximum atomic E-state index is 14.8. The fourth-order valence-electron chi connectivity index (χ4n) is 4.49. The quantitative estimate of drug-likeness (QED) is 0.726. The zero-order valence-corrected chi connectivity index (χ0v) is 15.3. The van der Waals surface area contributed by atoms with Crippen LogP contribution in [-0.2, 0) is 0 Å². The number of nitrogens with zero attached hydrogens (tertiary/aromatic N) is 3. The van der Waals surface area contributed by atoms with Gasteiger partial charge in [-0.2, -0.15) is 0 Å². The second-order valence-corrected chi connectivity index (χ2v) is 7.74. The van der Waals surface area contributed by atoms with E-state index in [2.05, 4.69) is 26.8 Å². The first-order chi connectivity index (χ1) is 13.6. The van der Waals surface area contributed by atoms with Gasteiger partial charge in [0.2, 0.25) is 0 Å². The van der Waals surface area contributed by atoms with E-state index in [0.717, 1.165) is 30.0 Å². The molecule has 4 heterocycles. The Kier molecular flexibility index (Phi) is 4.09. The average Bonchev–Trinajstić information content (AvgIpc) is 3.13. The van der Waals surface area contributed by atoms with E-state index in [1.165, 1.54) is 0 Å². The van der Waals surface area contributed by atoms with Crippen molar-refractivity contribution < 1.29 is 9.50 Å². The van der Waals surface area contributed by atoms with Gasteiger partial charge in [-0.1, -0.05) is 6.58 Å². The number of rotatable bonds is 3. The summed E-state index contributed by atoms with van der Waals surface area (Å²) in [5.74, 6) is -0.0967. The van der Waals surface area contributed by atoms with Gasteiger partial charge >= 0.3 is 0 Å². The Morgan fingerprint density at radius 3 is 2.86 bits per heavy atom. The Morgan fingerprint density at radius 2 is 2.04 bits per heavy atom. The highest BCUT2D eigenvalue weighted by atomic mass is 19.1. The Labute approximate surface area is 162 Å². The Bertz CT molecular complexity index is 1050. The number of allylic oxidation sites excluding steroid dienone is 1. The number of halogens is 1. The van der Waals surface area contributed by atoms with Crippen molar-refractivity contribution in [2.45, 2.75) is 37.5 Å². The highest BCUT2D eigenvalue weighted by molar-refractivity contribution is 5.89. The molecule has 5 nitrogen and oxygen atoms in total. The number of aromatic hydroxyl groups is 1. The third kappa shape index (κ3) is 2.85. The largest absolute Gasteiger partial charge is 0.507 e. The molecule has 0 aliphatic carbocycles. The number of aromatic nitrogens is 3. The maximum absolute atomic E-state index is 14.8. The van der Waals surface area contributed by atoms with Crippen LogP contribution < -0.4 is 5.32 Å². The molecule has 28 heavy (non-hydrogen) atoms. The first-order valence-electron chi connectivity index (χ1n) is 9.58. The van der Waals surface area contributed by atoms with E-state index >= 15 is 0 Å². The topological polar surface area (TPSA) is 70.9 Å². The number of benzene rings is 1. The first kappa shape index (κ1) is 17.3. The molecule has 5 rings (SSSR count). The normalized spacial score (nSPS) is 26.5. The fourth-order valence-corrected chi connectivity index (χ4v) is 4.49. The lowest BCUT2D eigenvalue weighted by Crippen LogP contribution is -2.47. The summed E-state index contributed by atoms with van der Waals surface area (Å²) in [6.07, 6.45) is 8.38. The number of hydrogen-bond donors (Lipinski definition) is 2. The summed E-state index contributed by atoms with van der Waals surface area (Å²) in [5.41, 5.74) is 2.49. The van der Waals surface area contributed by atoms with Gasteiger partial charge in [-0.25, -0.2) is 4.39 Å². The number of pyridine rings is 1. The van der Waals surface area contributed by atoms with E-state index < -0.39 is 6.17 Å². The molecule has 6 heteroatoms. The van der Waals surface area contributed by atoms with E-state index in [4.69, 9.17) is 0 Å². The molecule has 2 aromatic heterocycles. The highest BCUT2D eigenvalue weighted by Crippen LogP contribution is 2.39. The van der Waals surface area contributed by atoms with Crippen molar-refractivity contribution in [2.24, 2.45) is 5.92 Å². The Hall–Kier alpha value is -2.86. The molecular weight excluding hydrogens is 355 g/mol. The minimum absolute atomic E-state index is 0.0724. The Balaban J connectivity index is 1.43. The summed E-state index contributed by atoms with van der Waals surface area (Å²) in [6.45, 7) is 4.13. The number of piperidine rings is 1. The van der Waals surface area contributed by atoms with Crippen LogP contribution in [-0.4, -0.2) is 38.3 Å². The predicted molar refractivity (Wildman–Crippen MR) is 106 cm³/mol. The molecule has 0 amide bonds. The van der Waals surface area contributed by atoms with Crippen LogP contribution in [0.5, 0.6) is 5.75 Å². The van der Waals surface area contributed by atoms with Gasteiger partial charge < -0.3 is 10.4 Å². The third-order valence-electron chi connectivity index (χ3n) is 6.04. The van der Waals surface area contributed by atoms with Crippen molar-refractivity contribution in [1.82, 2.24) is 20.3 Å². The van der Waals surface area contributed by atoms with Crippen LogP contribution in [0.2, 0.25) is 0 Å². The minimum Gasteiger partial charge on any atom is -0.507 e. The molecule has 4 atom stereocenters. The summed E-state index contributed by atoms with van der Waals surface area (Å²) in [4.78, 5) is 13.0. The van der Waals surface area contributed by atoms with Gasteiger partial charge in [0, 0.05) is 41.3 Å². The number of alkyl halides is 1. The molecule has 2 fully saturated rings. The molecule has 2 aliphatic heterocycles. The lowest BCUT2D eigenvalue weighted by atomic mass is 9.84. The van der Waals surface area contributed by atoms with Crippen molar-refractivity contribution in [3.63, 3.8) is 0 Å².